The van der Waals surface area contributed by atoms with Crippen LogP contribution in [0.4, 0.5) is 5.95 Å². The second-order valence-corrected chi connectivity index (χ2v) is 5.30. The monoisotopic (exact) mass is 231 g/mol. The topological polar surface area (TPSA) is 91.9 Å². The van der Waals surface area contributed by atoms with Crippen LogP contribution in [0, 0.1) is 0 Å². The predicted molar refractivity (Wildman–Crippen MR) is 57.4 cm³/mol. The zero-order chi connectivity index (χ0) is 11.6. The average Bonchev–Trinajstić information content (AvgIpc) is 1.99. The molecule has 1 aromatic rings. The minimum atomic E-state index is -3.42. The molecule has 7 heteroatoms. The van der Waals surface area contributed by atoms with Crippen molar-refractivity contribution in [3.63, 3.8) is 0 Å². The van der Waals surface area contributed by atoms with Gasteiger partial charge in [0.05, 0.1) is 11.9 Å². The van der Waals surface area contributed by atoms with Crippen LogP contribution in [0.1, 0.15) is 25.5 Å². The molecular formula is C8H13N3O3S. The molecule has 1 aromatic heterocycles. The molecule has 0 saturated heterocycles. The van der Waals surface area contributed by atoms with Gasteiger partial charge in [-0.2, -0.15) is 0 Å². The number of nitrogens with zero attached hydrogens (tertiary/aromatic N) is 1. The first-order chi connectivity index (χ1) is 6.78. The van der Waals surface area contributed by atoms with Crippen molar-refractivity contribution in [3.05, 3.63) is 22.1 Å². The van der Waals surface area contributed by atoms with Crippen molar-refractivity contribution in [1.82, 2.24) is 9.97 Å². The quantitative estimate of drug-likeness (QED) is 0.780. The molecular weight excluding hydrogens is 218 g/mol. The number of aromatic nitrogens is 2. The molecule has 0 bridgehead atoms. The Morgan fingerprint density at radius 2 is 2.07 bits per heavy atom. The number of hydrogen-bond acceptors (Lipinski definition) is 4. The summed E-state index contributed by atoms with van der Waals surface area (Å²) in [6.07, 6.45) is 0.995. The molecule has 0 aliphatic heterocycles. The molecule has 0 unspecified atom stereocenters. The van der Waals surface area contributed by atoms with E-state index in [0.717, 1.165) is 6.26 Å². The first-order valence-corrected chi connectivity index (χ1v) is 6.26. The lowest BCUT2D eigenvalue weighted by Gasteiger charge is -2.06. The van der Waals surface area contributed by atoms with Gasteiger partial charge in [0, 0.05) is 6.07 Å². The minimum absolute atomic E-state index is 0.0475. The smallest absolute Gasteiger partial charge is 0.252 e. The number of hydrogen-bond donors (Lipinski definition) is 2. The Hall–Kier alpha value is -1.37. The van der Waals surface area contributed by atoms with Crippen LogP contribution in [0.5, 0.6) is 0 Å². The summed E-state index contributed by atoms with van der Waals surface area (Å²) in [7, 11) is -3.42. The Kier molecular flexibility index (Phi) is 3.13. The third-order valence-corrected chi connectivity index (χ3v) is 2.20. The molecule has 84 valence electrons. The number of sulfonamides is 1. The molecule has 1 heterocycles. The molecule has 0 saturated carbocycles. The molecule has 0 radical (unpaired) electrons. The largest absolute Gasteiger partial charge is 0.292 e. The summed E-state index contributed by atoms with van der Waals surface area (Å²) in [6, 6.07) is 1.35. The summed E-state index contributed by atoms with van der Waals surface area (Å²) in [5.74, 6) is 0.0149. The van der Waals surface area contributed by atoms with E-state index >= 15 is 0 Å². The summed E-state index contributed by atoms with van der Waals surface area (Å²) in [5.41, 5.74) is 0.171. The first-order valence-electron chi connectivity index (χ1n) is 4.37. The standard InChI is InChI=1S/C8H13N3O3S/c1-5(2)6-4-7(12)10-8(9-6)11-15(3,13)14/h4-5H,1-3H3,(H2,9,10,11,12). The van der Waals surface area contributed by atoms with Crippen molar-refractivity contribution in [2.75, 3.05) is 11.0 Å². The van der Waals surface area contributed by atoms with Crippen LogP contribution in [0.15, 0.2) is 10.9 Å². The lowest BCUT2D eigenvalue weighted by atomic mass is 10.1. The zero-order valence-electron chi connectivity index (χ0n) is 8.73. The predicted octanol–water partition coefficient (Wildman–Crippen LogP) is 0.265. The molecule has 1 rings (SSSR count). The van der Waals surface area contributed by atoms with E-state index in [1.807, 2.05) is 13.8 Å². The van der Waals surface area contributed by atoms with E-state index in [1.54, 1.807) is 0 Å². The van der Waals surface area contributed by atoms with Gasteiger partial charge in [0.25, 0.3) is 5.56 Å². The number of rotatable bonds is 3. The lowest BCUT2D eigenvalue weighted by Crippen LogP contribution is -2.18. The van der Waals surface area contributed by atoms with E-state index in [-0.39, 0.29) is 17.4 Å². The normalized spacial score (nSPS) is 11.7. The van der Waals surface area contributed by atoms with Gasteiger partial charge in [0.15, 0.2) is 0 Å². The summed E-state index contributed by atoms with van der Waals surface area (Å²) in [6.45, 7) is 3.73. The summed E-state index contributed by atoms with van der Waals surface area (Å²) in [5, 5.41) is 0. The Morgan fingerprint density at radius 3 is 2.53 bits per heavy atom. The second kappa shape index (κ2) is 4.01. The van der Waals surface area contributed by atoms with Gasteiger partial charge < -0.3 is 0 Å². The van der Waals surface area contributed by atoms with Gasteiger partial charge in [-0.05, 0) is 5.92 Å². The van der Waals surface area contributed by atoms with E-state index in [1.165, 1.54) is 6.07 Å². The van der Waals surface area contributed by atoms with Crippen molar-refractivity contribution < 1.29 is 8.42 Å². The Balaban J connectivity index is 3.16. The SMILES string of the molecule is CC(C)c1cc(=O)[nH]c(NS(C)(=O)=O)n1. The van der Waals surface area contributed by atoms with E-state index in [0.29, 0.717) is 5.69 Å². The lowest BCUT2D eigenvalue weighted by molar-refractivity contribution is 0.606. The molecule has 0 aliphatic carbocycles. The zero-order valence-corrected chi connectivity index (χ0v) is 9.55. The van der Waals surface area contributed by atoms with Gasteiger partial charge in [-0.15, -0.1) is 0 Å². The van der Waals surface area contributed by atoms with Gasteiger partial charge >= 0.3 is 0 Å². The van der Waals surface area contributed by atoms with E-state index < -0.39 is 10.0 Å². The van der Waals surface area contributed by atoms with E-state index in [9.17, 15) is 13.2 Å². The highest BCUT2D eigenvalue weighted by molar-refractivity contribution is 7.91. The van der Waals surface area contributed by atoms with E-state index in [4.69, 9.17) is 0 Å². The highest BCUT2D eigenvalue weighted by atomic mass is 32.2. The maximum Gasteiger partial charge on any atom is 0.252 e. The summed E-state index contributed by atoms with van der Waals surface area (Å²) in [4.78, 5) is 17.4. The van der Waals surface area contributed by atoms with Crippen LogP contribution in [0.2, 0.25) is 0 Å². The van der Waals surface area contributed by atoms with Crippen molar-refractivity contribution in [2.24, 2.45) is 0 Å². The van der Waals surface area contributed by atoms with Gasteiger partial charge in [0.2, 0.25) is 16.0 Å². The first kappa shape index (κ1) is 11.7. The third kappa shape index (κ3) is 3.70. The average molecular weight is 231 g/mol. The number of aromatic amines is 1. The van der Waals surface area contributed by atoms with Gasteiger partial charge in [0.1, 0.15) is 0 Å². The fraction of sp³-hybridized carbons (Fsp3) is 0.500. The van der Waals surface area contributed by atoms with Crippen molar-refractivity contribution in [2.45, 2.75) is 19.8 Å². The molecule has 15 heavy (non-hydrogen) atoms. The molecule has 0 atom stereocenters. The third-order valence-electron chi connectivity index (χ3n) is 1.64. The Labute approximate surface area is 87.8 Å². The number of nitrogens with one attached hydrogen (secondary N) is 2. The van der Waals surface area contributed by atoms with Crippen LogP contribution >= 0.6 is 0 Å². The summed E-state index contributed by atoms with van der Waals surface area (Å²) >= 11 is 0. The van der Waals surface area contributed by atoms with Gasteiger partial charge in [-0.3, -0.25) is 14.5 Å². The van der Waals surface area contributed by atoms with E-state index in [2.05, 4.69) is 14.7 Å². The van der Waals surface area contributed by atoms with Crippen LogP contribution in [-0.4, -0.2) is 24.6 Å². The molecule has 0 amide bonds. The highest BCUT2D eigenvalue weighted by Gasteiger charge is 2.08. The number of anilines is 1. The van der Waals surface area contributed by atoms with Crippen molar-refractivity contribution >= 4 is 16.0 Å². The molecule has 0 aromatic carbocycles. The van der Waals surface area contributed by atoms with Crippen LogP contribution in [0.3, 0.4) is 0 Å². The maximum absolute atomic E-state index is 11.2. The Morgan fingerprint density at radius 1 is 1.47 bits per heavy atom. The van der Waals surface area contributed by atoms with Gasteiger partial charge in [-0.1, -0.05) is 13.8 Å². The fourth-order valence-electron chi connectivity index (χ4n) is 0.996. The highest BCUT2D eigenvalue weighted by Crippen LogP contribution is 2.10. The molecule has 6 nitrogen and oxygen atoms in total. The number of H-pyrrole nitrogens is 1. The molecule has 0 aliphatic rings. The van der Waals surface area contributed by atoms with Crippen molar-refractivity contribution in [1.29, 1.82) is 0 Å². The van der Waals surface area contributed by atoms with Crippen LogP contribution in [0.25, 0.3) is 0 Å². The Bertz CT molecular complexity index is 504. The summed E-state index contributed by atoms with van der Waals surface area (Å²) < 4.78 is 24.0. The second-order valence-electron chi connectivity index (χ2n) is 3.55. The minimum Gasteiger partial charge on any atom is -0.292 e. The van der Waals surface area contributed by atoms with Crippen molar-refractivity contribution in [3.8, 4) is 0 Å². The van der Waals surface area contributed by atoms with Gasteiger partial charge in [-0.25, -0.2) is 13.4 Å². The molecule has 0 fully saturated rings. The van der Waals surface area contributed by atoms with Crippen LogP contribution in [-0.2, 0) is 10.0 Å². The maximum atomic E-state index is 11.2. The fourth-order valence-corrected chi connectivity index (χ4v) is 1.44. The molecule has 2 N–H and O–H groups in total. The molecule has 0 spiro atoms. The van der Waals surface area contributed by atoms with Crippen LogP contribution < -0.4 is 10.3 Å².